The normalized spacial score (nSPS) is 12.6. The number of thiophene rings is 1. The van der Waals surface area contributed by atoms with Crippen molar-refractivity contribution < 1.29 is 23.4 Å². The first kappa shape index (κ1) is 19.2. The number of rotatable bonds is 8. The first-order valence-corrected chi connectivity index (χ1v) is 9.83. The second-order valence-corrected chi connectivity index (χ2v) is 7.12. The maximum Gasteiger partial charge on any atom is 0.257 e. The van der Waals surface area contributed by atoms with Gasteiger partial charge in [-0.2, -0.15) is 0 Å². The summed E-state index contributed by atoms with van der Waals surface area (Å²) in [6, 6.07) is 9.34. The standard InChI is InChI=1S/C20H19N3O5S/c1-25-9-8-23(12-18-21-22-20(28-18)17-3-2-10-29-17)19(24)7-5-14-4-6-15-16(11-14)27-13-26-15/h2-7,10-11H,8-9,12-13H2,1H3. The molecule has 2 aromatic heterocycles. The zero-order valence-electron chi connectivity index (χ0n) is 15.7. The molecule has 0 atom stereocenters. The molecular formula is C20H19N3O5S. The Morgan fingerprint density at radius 3 is 3.00 bits per heavy atom. The van der Waals surface area contributed by atoms with Gasteiger partial charge in [0.15, 0.2) is 11.5 Å². The van der Waals surface area contributed by atoms with E-state index in [1.54, 1.807) is 18.1 Å². The molecule has 0 bridgehead atoms. The fraction of sp³-hybridized carbons (Fsp3) is 0.250. The molecule has 9 heteroatoms. The van der Waals surface area contributed by atoms with Gasteiger partial charge in [-0.25, -0.2) is 0 Å². The Hall–Kier alpha value is -3.17. The molecule has 8 nitrogen and oxygen atoms in total. The number of aromatic nitrogens is 2. The molecule has 1 amide bonds. The third-order valence-corrected chi connectivity index (χ3v) is 5.07. The lowest BCUT2D eigenvalue weighted by molar-refractivity contribution is -0.127. The van der Waals surface area contributed by atoms with Gasteiger partial charge >= 0.3 is 0 Å². The summed E-state index contributed by atoms with van der Waals surface area (Å²) >= 11 is 1.52. The van der Waals surface area contributed by atoms with Crippen LogP contribution in [-0.2, 0) is 16.1 Å². The highest BCUT2D eigenvalue weighted by Gasteiger charge is 2.17. The van der Waals surface area contributed by atoms with Crippen molar-refractivity contribution in [3.8, 4) is 22.3 Å². The molecular weight excluding hydrogens is 394 g/mol. The maximum atomic E-state index is 12.7. The quantitative estimate of drug-likeness (QED) is 0.524. The molecule has 1 aromatic carbocycles. The van der Waals surface area contributed by atoms with Gasteiger partial charge in [0.1, 0.15) is 0 Å². The Morgan fingerprint density at radius 1 is 1.28 bits per heavy atom. The zero-order chi connectivity index (χ0) is 20.1. The van der Waals surface area contributed by atoms with E-state index in [-0.39, 0.29) is 19.2 Å². The molecule has 0 N–H and O–H groups in total. The highest BCUT2D eigenvalue weighted by molar-refractivity contribution is 7.13. The zero-order valence-corrected chi connectivity index (χ0v) is 16.6. The van der Waals surface area contributed by atoms with Crippen LogP contribution in [0.4, 0.5) is 0 Å². The molecule has 0 saturated carbocycles. The summed E-state index contributed by atoms with van der Waals surface area (Å²) < 4.78 is 21.5. The SMILES string of the molecule is COCCN(Cc1nnc(-c2cccs2)o1)C(=O)C=Cc1ccc2c(c1)OCO2. The van der Waals surface area contributed by atoms with Crippen LogP contribution in [0.15, 0.2) is 46.2 Å². The Labute approximate surface area is 171 Å². The molecule has 0 radical (unpaired) electrons. The third-order valence-electron chi connectivity index (χ3n) is 4.22. The van der Waals surface area contributed by atoms with Crippen LogP contribution in [0.5, 0.6) is 11.5 Å². The average Bonchev–Trinajstić information content (AvgIpc) is 3.49. The summed E-state index contributed by atoms with van der Waals surface area (Å²) in [5.41, 5.74) is 0.840. The van der Waals surface area contributed by atoms with Crippen molar-refractivity contribution in [2.75, 3.05) is 27.1 Å². The molecule has 4 rings (SSSR count). The second-order valence-electron chi connectivity index (χ2n) is 6.18. The number of nitrogens with zero attached hydrogens (tertiary/aromatic N) is 3. The van der Waals surface area contributed by atoms with E-state index < -0.39 is 0 Å². The van der Waals surface area contributed by atoms with Gasteiger partial charge in [0.2, 0.25) is 18.6 Å². The fourth-order valence-corrected chi connectivity index (χ4v) is 3.38. The second kappa shape index (κ2) is 8.89. The summed E-state index contributed by atoms with van der Waals surface area (Å²) in [6.07, 6.45) is 3.23. The van der Waals surface area contributed by atoms with Crippen molar-refractivity contribution in [1.29, 1.82) is 0 Å². The van der Waals surface area contributed by atoms with Crippen molar-refractivity contribution in [2.24, 2.45) is 0 Å². The number of fused-ring (bicyclic) bond motifs is 1. The summed E-state index contributed by atoms with van der Waals surface area (Å²) in [4.78, 5) is 15.2. The molecule has 150 valence electrons. The number of hydrogen-bond acceptors (Lipinski definition) is 8. The van der Waals surface area contributed by atoms with Gasteiger partial charge in [0.05, 0.1) is 18.0 Å². The Morgan fingerprint density at radius 2 is 2.17 bits per heavy atom. The predicted molar refractivity (Wildman–Crippen MR) is 107 cm³/mol. The van der Waals surface area contributed by atoms with E-state index in [4.69, 9.17) is 18.6 Å². The smallest absolute Gasteiger partial charge is 0.257 e. The number of hydrogen-bond donors (Lipinski definition) is 0. The minimum Gasteiger partial charge on any atom is -0.454 e. The van der Waals surface area contributed by atoms with Crippen LogP contribution in [0, 0.1) is 0 Å². The number of carbonyl (C=O) groups is 1. The number of amides is 1. The maximum absolute atomic E-state index is 12.7. The number of methoxy groups -OCH3 is 1. The average molecular weight is 413 g/mol. The Balaban J connectivity index is 1.45. The Bertz CT molecular complexity index is 999. The van der Waals surface area contributed by atoms with Gasteiger partial charge in [-0.3, -0.25) is 4.79 Å². The van der Waals surface area contributed by atoms with Crippen molar-refractivity contribution in [2.45, 2.75) is 6.54 Å². The molecule has 0 saturated heterocycles. The van der Waals surface area contributed by atoms with E-state index in [1.807, 2.05) is 35.7 Å². The van der Waals surface area contributed by atoms with Gasteiger partial charge in [0.25, 0.3) is 5.89 Å². The van der Waals surface area contributed by atoms with Gasteiger partial charge in [-0.05, 0) is 35.2 Å². The summed E-state index contributed by atoms with van der Waals surface area (Å²) in [5, 5.41) is 10.1. The first-order chi connectivity index (χ1) is 14.2. The van der Waals surface area contributed by atoms with E-state index in [0.717, 1.165) is 10.4 Å². The molecule has 3 heterocycles. The van der Waals surface area contributed by atoms with Gasteiger partial charge in [-0.15, -0.1) is 21.5 Å². The molecule has 0 fully saturated rings. The molecule has 0 aliphatic carbocycles. The lowest BCUT2D eigenvalue weighted by Crippen LogP contribution is -2.32. The number of benzene rings is 1. The van der Waals surface area contributed by atoms with Crippen LogP contribution in [-0.4, -0.2) is 48.1 Å². The minimum atomic E-state index is -0.185. The van der Waals surface area contributed by atoms with E-state index in [9.17, 15) is 4.79 Å². The first-order valence-electron chi connectivity index (χ1n) is 8.95. The van der Waals surface area contributed by atoms with Crippen LogP contribution in [0.3, 0.4) is 0 Å². The van der Waals surface area contributed by atoms with Gasteiger partial charge in [0, 0.05) is 19.7 Å². The van der Waals surface area contributed by atoms with E-state index in [0.29, 0.717) is 36.4 Å². The largest absolute Gasteiger partial charge is 0.454 e. The highest BCUT2D eigenvalue weighted by atomic mass is 32.1. The minimum absolute atomic E-state index is 0.185. The lowest BCUT2D eigenvalue weighted by Gasteiger charge is -2.18. The predicted octanol–water partition coefficient (Wildman–Crippen LogP) is 3.22. The molecule has 1 aliphatic rings. The molecule has 29 heavy (non-hydrogen) atoms. The van der Waals surface area contributed by atoms with Crippen molar-refractivity contribution >= 4 is 23.3 Å². The molecule has 0 unspecified atom stereocenters. The Kier molecular flexibility index (Phi) is 5.87. The summed E-state index contributed by atoms with van der Waals surface area (Å²) in [6.45, 7) is 1.21. The molecule has 3 aromatic rings. The van der Waals surface area contributed by atoms with Crippen LogP contribution in [0.25, 0.3) is 16.8 Å². The third kappa shape index (κ3) is 4.64. The number of carbonyl (C=O) groups excluding carboxylic acids is 1. The van der Waals surface area contributed by atoms with Crippen LogP contribution >= 0.6 is 11.3 Å². The van der Waals surface area contributed by atoms with Crippen molar-refractivity contribution in [3.05, 3.63) is 53.2 Å². The van der Waals surface area contributed by atoms with Crippen LogP contribution in [0.2, 0.25) is 0 Å². The monoisotopic (exact) mass is 413 g/mol. The van der Waals surface area contributed by atoms with Crippen molar-refractivity contribution in [1.82, 2.24) is 15.1 Å². The van der Waals surface area contributed by atoms with Crippen LogP contribution < -0.4 is 9.47 Å². The summed E-state index contributed by atoms with van der Waals surface area (Å²) in [5.74, 6) is 2.01. The van der Waals surface area contributed by atoms with Gasteiger partial charge < -0.3 is 23.5 Å². The van der Waals surface area contributed by atoms with Crippen LogP contribution in [0.1, 0.15) is 11.5 Å². The van der Waals surface area contributed by atoms with E-state index >= 15 is 0 Å². The lowest BCUT2D eigenvalue weighted by atomic mass is 10.2. The highest BCUT2D eigenvalue weighted by Crippen LogP contribution is 2.32. The summed E-state index contributed by atoms with van der Waals surface area (Å²) in [7, 11) is 1.59. The van der Waals surface area contributed by atoms with Crippen molar-refractivity contribution in [3.63, 3.8) is 0 Å². The topological polar surface area (TPSA) is 86.9 Å². The molecule has 0 spiro atoms. The number of ether oxygens (including phenoxy) is 3. The van der Waals surface area contributed by atoms with E-state index in [2.05, 4.69) is 10.2 Å². The fourth-order valence-electron chi connectivity index (χ4n) is 2.74. The molecule has 1 aliphatic heterocycles. The van der Waals surface area contributed by atoms with Gasteiger partial charge in [-0.1, -0.05) is 12.1 Å². The van der Waals surface area contributed by atoms with E-state index in [1.165, 1.54) is 17.4 Å².